The van der Waals surface area contributed by atoms with Crippen molar-refractivity contribution in [1.29, 1.82) is 0 Å². The molecule has 0 bridgehead atoms. The molecule has 1 saturated heterocycles. The molecule has 1 amide bonds. The van der Waals surface area contributed by atoms with E-state index in [0.717, 1.165) is 55.1 Å². The van der Waals surface area contributed by atoms with Crippen molar-refractivity contribution in [1.82, 2.24) is 14.8 Å². The monoisotopic (exact) mass is 605 g/mol. The first-order valence-corrected chi connectivity index (χ1v) is 15.1. The number of halogens is 1. The van der Waals surface area contributed by atoms with Crippen molar-refractivity contribution in [3.63, 3.8) is 0 Å². The summed E-state index contributed by atoms with van der Waals surface area (Å²) < 4.78 is 31.9. The lowest BCUT2D eigenvalue weighted by molar-refractivity contribution is -0.132. The minimum absolute atomic E-state index is 0.00151. The maximum absolute atomic E-state index is 15.2. The average Bonchev–Trinajstić information content (AvgIpc) is 3.04. The van der Waals surface area contributed by atoms with Gasteiger partial charge in [-0.05, 0) is 76.3 Å². The van der Waals surface area contributed by atoms with Gasteiger partial charge in [-0.2, -0.15) is 0 Å². The number of methoxy groups -OCH3 is 1. The van der Waals surface area contributed by atoms with E-state index in [1.807, 2.05) is 36.4 Å². The normalized spacial score (nSPS) is 18.0. The zero-order valence-corrected chi connectivity index (χ0v) is 25.6. The van der Waals surface area contributed by atoms with Gasteiger partial charge in [-0.1, -0.05) is 30.3 Å². The number of likely N-dealkylation sites (N-methyl/N-ethyl adjacent to an activating group) is 1. The van der Waals surface area contributed by atoms with E-state index < -0.39 is 18.0 Å². The Labute approximate surface area is 258 Å². The van der Waals surface area contributed by atoms with Crippen molar-refractivity contribution in [3.8, 4) is 11.5 Å². The number of fused-ring (bicyclic) bond motifs is 1. The molecule has 1 fully saturated rings. The van der Waals surface area contributed by atoms with Crippen LogP contribution in [0.3, 0.4) is 0 Å². The third-order valence-corrected chi connectivity index (χ3v) is 8.36. The van der Waals surface area contributed by atoms with Gasteiger partial charge in [0.1, 0.15) is 12.4 Å². The van der Waals surface area contributed by atoms with Gasteiger partial charge in [-0.15, -0.1) is 0 Å². The largest absolute Gasteiger partial charge is 0.493 e. The topological polar surface area (TPSA) is 100.0 Å². The maximum Gasteiger partial charge on any atom is 0.268 e. The Morgan fingerprint density at radius 1 is 1.18 bits per heavy atom. The molecular formula is C34H42FN4O5+. The van der Waals surface area contributed by atoms with Crippen molar-refractivity contribution in [2.75, 3.05) is 52.8 Å². The van der Waals surface area contributed by atoms with Crippen LogP contribution in [0.2, 0.25) is 0 Å². The molecule has 234 valence electrons. The zero-order valence-electron chi connectivity index (χ0n) is 25.6. The number of amides is 1. The molecule has 0 radical (unpaired) electrons. The second kappa shape index (κ2) is 14.8. The zero-order chi connectivity index (χ0) is 31.1. The molecule has 44 heavy (non-hydrogen) atoms. The van der Waals surface area contributed by atoms with Gasteiger partial charge in [0.15, 0.2) is 23.6 Å². The summed E-state index contributed by atoms with van der Waals surface area (Å²) in [5.74, 6) is 0.452. The van der Waals surface area contributed by atoms with Gasteiger partial charge in [0.2, 0.25) is 6.10 Å². The molecule has 2 aromatic carbocycles. The predicted octanol–water partition coefficient (Wildman–Crippen LogP) is 4.23. The van der Waals surface area contributed by atoms with Crippen molar-refractivity contribution < 1.29 is 28.5 Å². The number of hydrogen-bond acceptors (Lipinski definition) is 7. The predicted molar refractivity (Wildman–Crippen MR) is 168 cm³/mol. The molecule has 2 aliphatic rings. The number of piperidine rings is 1. The van der Waals surface area contributed by atoms with E-state index in [0.29, 0.717) is 31.1 Å². The number of benzene rings is 2. The minimum Gasteiger partial charge on any atom is -0.493 e. The summed E-state index contributed by atoms with van der Waals surface area (Å²) in [7, 11) is 5.45. The van der Waals surface area contributed by atoms with Gasteiger partial charge in [-0.3, -0.25) is 14.7 Å². The number of aromatic nitrogens is 1. The number of hydrogen-bond donors (Lipinski definition) is 2. The lowest BCUT2D eigenvalue weighted by Crippen LogP contribution is -2.42. The number of ether oxygens (including phenoxy) is 3. The highest BCUT2D eigenvalue weighted by molar-refractivity contribution is 5.93. The van der Waals surface area contributed by atoms with Gasteiger partial charge in [0.25, 0.3) is 5.91 Å². The average molecular weight is 606 g/mol. The number of nitrogens with zero attached hydrogens (tertiary/aromatic N) is 3. The maximum atomic E-state index is 15.2. The molecule has 9 nitrogen and oxygen atoms in total. The lowest BCUT2D eigenvalue weighted by Gasteiger charge is -2.29. The molecule has 10 heteroatoms. The van der Waals surface area contributed by atoms with Crippen LogP contribution in [0.5, 0.6) is 11.5 Å². The Bertz CT molecular complexity index is 1440. The summed E-state index contributed by atoms with van der Waals surface area (Å²) in [6.07, 6.45) is 5.56. The summed E-state index contributed by atoms with van der Waals surface area (Å²) in [4.78, 5) is 21.1. The van der Waals surface area contributed by atoms with E-state index in [1.54, 1.807) is 26.4 Å². The molecule has 2 heterocycles. The van der Waals surface area contributed by atoms with Crippen LogP contribution in [0, 0.1) is 11.7 Å². The Balaban J connectivity index is 1.19. The molecule has 3 aromatic rings. The molecule has 2 unspecified atom stereocenters. The van der Waals surface area contributed by atoms with Crippen molar-refractivity contribution in [3.05, 3.63) is 89.2 Å². The third kappa shape index (κ3) is 8.00. The SMILES string of the molecule is COC1=Cc2c(Oc3ccc(NC(=O)C(O)N(C)CCc4ccccc4)cc3F)ccnc2CC1[OH+]CC1CCN(C)CC1. The number of pyridine rings is 1. The number of aliphatic hydroxyl groups excluding tert-OH is 1. The molecule has 1 aliphatic heterocycles. The molecular weight excluding hydrogens is 563 g/mol. The minimum atomic E-state index is -1.39. The van der Waals surface area contributed by atoms with Gasteiger partial charge >= 0.3 is 0 Å². The fraction of sp³-hybridized carbons (Fsp3) is 0.412. The van der Waals surface area contributed by atoms with E-state index >= 15 is 4.39 Å². The van der Waals surface area contributed by atoms with Crippen LogP contribution >= 0.6 is 0 Å². The summed E-state index contributed by atoms with van der Waals surface area (Å²) in [6.45, 7) is 3.46. The molecule has 1 aliphatic carbocycles. The van der Waals surface area contributed by atoms with Gasteiger partial charge in [-0.25, -0.2) is 4.39 Å². The van der Waals surface area contributed by atoms with Crippen molar-refractivity contribution in [2.24, 2.45) is 5.92 Å². The van der Waals surface area contributed by atoms with E-state index in [-0.39, 0.29) is 17.5 Å². The highest BCUT2D eigenvalue weighted by Gasteiger charge is 2.31. The Hall–Kier alpha value is -3.83. The summed E-state index contributed by atoms with van der Waals surface area (Å²) in [6, 6.07) is 15.7. The fourth-order valence-corrected chi connectivity index (χ4v) is 5.55. The summed E-state index contributed by atoms with van der Waals surface area (Å²) in [5, 5.41) is 13.1. The number of rotatable bonds is 12. The third-order valence-electron chi connectivity index (χ3n) is 8.36. The number of aliphatic hydroxyl groups is 3. The first kappa shape index (κ1) is 31.6. The quantitative estimate of drug-likeness (QED) is 0.236. The van der Waals surface area contributed by atoms with E-state index in [4.69, 9.17) is 14.2 Å². The smallest absolute Gasteiger partial charge is 0.268 e. The second-order valence-corrected chi connectivity index (χ2v) is 11.6. The second-order valence-electron chi connectivity index (χ2n) is 11.6. The first-order chi connectivity index (χ1) is 21.3. The number of carbonyl (C=O) groups excluding carboxylic acids is 1. The number of carbonyl (C=O) groups is 1. The molecule has 2 atom stereocenters. The fourth-order valence-electron chi connectivity index (χ4n) is 5.55. The summed E-state index contributed by atoms with van der Waals surface area (Å²) >= 11 is 0. The first-order valence-electron chi connectivity index (χ1n) is 15.1. The Morgan fingerprint density at radius 2 is 1.95 bits per heavy atom. The van der Waals surface area contributed by atoms with E-state index in [9.17, 15) is 9.90 Å². The lowest BCUT2D eigenvalue weighted by atomic mass is 9.96. The molecule has 1 aromatic heterocycles. The van der Waals surface area contributed by atoms with Crippen molar-refractivity contribution >= 4 is 17.7 Å². The van der Waals surface area contributed by atoms with E-state index in [2.05, 4.69) is 22.2 Å². The van der Waals surface area contributed by atoms with Crippen LogP contribution in [0.25, 0.3) is 6.08 Å². The highest BCUT2D eigenvalue weighted by Crippen LogP contribution is 2.35. The van der Waals surface area contributed by atoms with Crippen LogP contribution in [-0.2, 0) is 22.4 Å². The standard InChI is InChI=1S/C34H41FN4O5/c1-38-16-12-24(13-17-38)22-43-32-21-28-26(20-31(32)42-3)29(11-15-36-28)44-30-10-9-25(19-27(30)35)37-33(40)34(41)39(2)18-14-23-7-5-4-6-8-23/h4-11,15,19-20,24,32,34,41H,12-14,16-18,21-22H2,1-3H3,(H,37,40)/p+1. The van der Waals surface area contributed by atoms with Crippen LogP contribution in [0.4, 0.5) is 10.1 Å². The number of nitrogens with one attached hydrogen (secondary N) is 1. The van der Waals surface area contributed by atoms with Crippen LogP contribution in [0.1, 0.15) is 29.7 Å². The highest BCUT2D eigenvalue weighted by atomic mass is 19.1. The van der Waals surface area contributed by atoms with Crippen LogP contribution in [-0.4, -0.2) is 90.3 Å². The van der Waals surface area contributed by atoms with Gasteiger partial charge < -0.3 is 29.5 Å². The number of anilines is 1. The Morgan fingerprint density at radius 3 is 2.68 bits per heavy atom. The van der Waals surface area contributed by atoms with Gasteiger partial charge in [0, 0.05) is 36.0 Å². The Kier molecular flexibility index (Phi) is 10.6. The molecule has 0 spiro atoms. The van der Waals surface area contributed by atoms with Crippen molar-refractivity contribution in [2.45, 2.75) is 38.0 Å². The van der Waals surface area contributed by atoms with Crippen LogP contribution in [0.15, 0.2) is 66.6 Å². The molecule has 3 N–H and O–H groups in total. The van der Waals surface area contributed by atoms with Gasteiger partial charge in [0.05, 0.1) is 19.2 Å². The van der Waals surface area contributed by atoms with Crippen LogP contribution < -0.4 is 10.1 Å². The number of likely N-dealkylation sites (tertiary alicyclic amines) is 1. The summed E-state index contributed by atoms with van der Waals surface area (Å²) in [5.41, 5.74) is 2.86. The molecule has 0 saturated carbocycles. The van der Waals surface area contributed by atoms with E-state index in [1.165, 1.54) is 23.1 Å². The molecule has 5 rings (SSSR count).